The topological polar surface area (TPSA) is 99.4 Å². The summed E-state index contributed by atoms with van der Waals surface area (Å²) >= 11 is 0. The van der Waals surface area contributed by atoms with Gasteiger partial charge in [-0.3, -0.25) is 0 Å². The number of rotatable bonds is 5. The fraction of sp³-hybridized carbons (Fsp3) is 0. The lowest BCUT2D eigenvalue weighted by atomic mass is 9.94. The highest BCUT2D eigenvalue weighted by Gasteiger charge is 2.22. The number of hydrogen-bond acceptors (Lipinski definition) is 6. The zero-order chi connectivity index (χ0) is 31.7. The van der Waals surface area contributed by atoms with E-state index < -0.39 is 0 Å². The van der Waals surface area contributed by atoms with Gasteiger partial charge in [0.2, 0.25) is 0 Å². The van der Waals surface area contributed by atoms with Crippen LogP contribution in [0, 0.1) is 22.7 Å². The minimum atomic E-state index is 0.384. The molecule has 0 saturated carbocycles. The lowest BCUT2D eigenvalue weighted by Crippen LogP contribution is -2.01. The number of benzene rings is 6. The van der Waals surface area contributed by atoms with Crippen LogP contribution in [-0.4, -0.2) is 15.0 Å². The molecule has 0 atom stereocenters. The molecule has 0 unspecified atom stereocenters. The first-order chi connectivity index (χ1) is 23.2. The zero-order valence-corrected chi connectivity index (χ0v) is 24.9. The van der Waals surface area contributed by atoms with Crippen LogP contribution in [0.3, 0.4) is 0 Å². The summed E-state index contributed by atoms with van der Waals surface area (Å²) in [6.07, 6.45) is 0. The summed E-state index contributed by atoms with van der Waals surface area (Å²) in [6, 6.07) is 49.6. The monoisotopic (exact) mass is 601 g/mol. The largest absolute Gasteiger partial charge is 0.455 e. The van der Waals surface area contributed by atoms with Crippen LogP contribution in [0.5, 0.6) is 0 Å². The molecule has 2 heterocycles. The quantitative estimate of drug-likeness (QED) is 0.195. The summed E-state index contributed by atoms with van der Waals surface area (Å²) < 4.78 is 6.54. The van der Waals surface area contributed by atoms with Crippen LogP contribution < -0.4 is 0 Å². The Balaban J connectivity index is 1.41. The molecule has 6 heteroatoms. The molecule has 2 aromatic heterocycles. The minimum Gasteiger partial charge on any atom is -0.455 e. The SMILES string of the molecule is N#Cc1cc(C#N)cc(-c2ccc3c(oc4ccccc43)c2-c2nc(-c3ccccc3)nc(-c3ccc(-c4ccccc4)cc3)n2)c1. The second kappa shape index (κ2) is 11.6. The second-order valence-corrected chi connectivity index (χ2v) is 11.1. The van der Waals surface area contributed by atoms with Crippen LogP contribution >= 0.6 is 0 Å². The Kier molecular flexibility index (Phi) is 6.80. The Bertz CT molecular complexity index is 2490. The van der Waals surface area contributed by atoms with Crippen LogP contribution in [-0.2, 0) is 0 Å². The van der Waals surface area contributed by atoms with Crippen molar-refractivity contribution in [2.45, 2.75) is 0 Å². The van der Waals surface area contributed by atoms with Gasteiger partial charge in [0.15, 0.2) is 17.5 Å². The Morgan fingerprint density at radius 2 is 0.979 bits per heavy atom. The van der Waals surface area contributed by atoms with Crippen molar-refractivity contribution in [2.24, 2.45) is 0 Å². The van der Waals surface area contributed by atoms with Crippen LogP contribution in [0.4, 0.5) is 0 Å². The standard InChI is InChI=1S/C41H23N5O/c42-24-26-21-27(25-43)23-32(22-26)33-19-20-35-34-13-7-8-14-36(34)47-38(35)37(33)41-45-39(30-11-5-2-6-12-30)44-40(46-41)31-17-15-29(16-18-31)28-9-3-1-4-10-28/h1-23H. The molecule has 0 spiro atoms. The first-order valence-electron chi connectivity index (χ1n) is 15.1. The molecule has 0 N–H and O–H groups in total. The lowest BCUT2D eigenvalue weighted by molar-refractivity contribution is 0.669. The van der Waals surface area contributed by atoms with Crippen LogP contribution in [0.15, 0.2) is 144 Å². The molecule has 47 heavy (non-hydrogen) atoms. The maximum atomic E-state index is 9.79. The Morgan fingerprint density at radius 3 is 1.64 bits per heavy atom. The average Bonchev–Trinajstić information content (AvgIpc) is 3.53. The molecule has 8 aromatic rings. The van der Waals surface area contributed by atoms with E-state index in [9.17, 15) is 10.5 Å². The summed E-state index contributed by atoms with van der Waals surface area (Å²) in [4.78, 5) is 15.1. The van der Waals surface area contributed by atoms with Gasteiger partial charge in [0.1, 0.15) is 11.2 Å². The summed E-state index contributed by atoms with van der Waals surface area (Å²) in [5, 5.41) is 21.5. The number of aromatic nitrogens is 3. The van der Waals surface area contributed by atoms with Gasteiger partial charge in [-0.1, -0.05) is 109 Å². The van der Waals surface area contributed by atoms with Gasteiger partial charge in [-0.05, 0) is 52.6 Å². The van der Waals surface area contributed by atoms with E-state index in [1.807, 2.05) is 97.1 Å². The second-order valence-electron chi connectivity index (χ2n) is 11.1. The molecule has 0 radical (unpaired) electrons. The number of para-hydroxylation sites is 1. The smallest absolute Gasteiger partial charge is 0.168 e. The van der Waals surface area contributed by atoms with Crippen molar-refractivity contribution in [3.8, 4) is 68.6 Å². The summed E-state index contributed by atoms with van der Waals surface area (Å²) in [5.74, 6) is 1.44. The van der Waals surface area contributed by atoms with Crippen molar-refractivity contribution in [1.29, 1.82) is 10.5 Å². The summed E-state index contributed by atoms with van der Waals surface area (Å²) in [7, 11) is 0. The lowest BCUT2D eigenvalue weighted by Gasteiger charge is -2.13. The van der Waals surface area contributed by atoms with Crippen molar-refractivity contribution in [1.82, 2.24) is 15.0 Å². The van der Waals surface area contributed by atoms with E-state index in [2.05, 4.69) is 36.4 Å². The molecule has 218 valence electrons. The number of furan rings is 1. The maximum absolute atomic E-state index is 9.79. The van der Waals surface area contributed by atoms with Crippen LogP contribution in [0.1, 0.15) is 11.1 Å². The molecule has 0 aliphatic rings. The van der Waals surface area contributed by atoms with E-state index in [1.165, 1.54) is 0 Å². The van der Waals surface area contributed by atoms with E-state index >= 15 is 0 Å². The van der Waals surface area contributed by atoms with E-state index in [4.69, 9.17) is 19.4 Å². The molecular weight excluding hydrogens is 578 g/mol. The molecule has 8 rings (SSSR count). The van der Waals surface area contributed by atoms with Gasteiger partial charge in [0.25, 0.3) is 0 Å². The molecule has 0 amide bonds. The highest BCUT2D eigenvalue weighted by molar-refractivity contribution is 6.12. The molecule has 0 fully saturated rings. The highest BCUT2D eigenvalue weighted by atomic mass is 16.3. The fourth-order valence-electron chi connectivity index (χ4n) is 5.94. The Labute approximate surface area is 270 Å². The van der Waals surface area contributed by atoms with Crippen molar-refractivity contribution < 1.29 is 4.42 Å². The summed E-state index contributed by atoms with van der Waals surface area (Å²) in [5.41, 5.74) is 8.08. The van der Waals surface area contributed by atoms with Gasteiger partial charge in [-0.25, -0.2) is 15.0 Å². The Morgan fingerprint density at radius 1 is 0.447 bits per heavy atom. The molecule has 0 bridgehead atoms. The average molecular weight is 602 g/mol. The predicted octanol–water partition coefficient (Wildman–Crippen LogP) is 9.85. The zero-order valence-electron chi connectivity index (χ0n) is 24.9. The van der Waals surface area contributed by atoms with Crippen LogP contribution in [0.2, 0.25) is 0 Å². The third kappa shape index (κ3) is 5.07. The first kappa shape index (κ1) is 27.6. The van der Waals surface area contributed by atoms with Gasteiger partial charge >= 0.3 is 0 Å². The van der Waals surface area contributed by atoms with Gasteiger partial charge in [0, 0.05) is 21.9 Å². The molecule has 6 nitrogen and oxygen atoms in total. The van der Waals surface area contributed by atoms with Crippen molar-refractivity contribution >= 4 is 21.9 Å². The number of fused-ring (bicyclic) bond motifs is 3. The van der Waals surface area contributed by atoms with Crippen molar-refractivity contribution in [3.63, 3.8) is 0 Å². The van der Waals surface area contributed by atoms with Gasteiger partial charge in [-0.2, -0.15) is 10.5 Å². The number of nitriles is 2. The minimum absolute atomic E-state index is 0.384. The number of hydrogen-bond donors (Lipinski definition) is 0. The molecule has 0 aliphatic heterocycles. The molecule has 0 saturated heterocycles. The highest BCUT2D eigenvalue weighted by Crippen LogP contribution is 2.42. The van der Waals surface area contributed by atoms with Crippen LogP contribution in [0.25, 0.3) is 78.4 Å². The van der Waals surface area contributed by atoms with Gasteiger partial charge < -0.3 is 4.42 Å². The first-order valence-corrected chi connectivity index (χ1v) is 15.1. The number of nitrogens with zero attached hydrogens (tertiary/aromatic N) is 5. The normalized spacial score (nSPS) is 10.9. The molecular formula is C41H23N5O. The third-order valence-electron chi connectivity index (χ3n) is 8.19. The fourth-order valence-corrected chi connectivity index (χ4v) is 5.94. The Hall–Kier alpha value is -6.89. The van der Waals surface area contributed by atoms with E-state index in [0.717, 1.165) is 44.2 Å². The van der Waals surface area contributed by atoms with Gasteiger partial charge in [-0.15, -0.1) is 0 Å². The predicted molar refractivity (Wildman–Crippen MR) is 184 cm³/mol. The third-order valence-corrected chi connectivity index (χ3v) is 8.19. The maximum Gasteiger partial charge on any atom is 0.168 e. The van der Waals surface area contributed by atoms with Gasteiger partial charge in [0.05, 0.1) is 28.8 Å². The molecule has 6 aromatic carbocycles. The summed E-state index contributed by atoms with van der Waals surface area (Å²) in [6.45, 7) is 0. The van der Waals surface area contributed by atoms with Crippen molar-refractivity contribution in [3.05, 3.63) is 151 Å². The van der Waals surface area contributed by atoms with E-state index in [0.29, 0.717) is 45.3 Å². The van der Waals surface area contributed by atoms with E-state index in [1.54, 1.807) is 18.2 Å². The van der Waals surface area contributed by atoms with E-state index in [-0.39, 0.29) is 0 Å². The van der Waals surface area contributed by atoms with Crippen molar-refractivity contribution in [2.75, 3.05) is 0 Å². The molecule has 0 aliphatic carbocycles.